The molecule has 1 fully saturated rings. The van der Waals surface area contributed by atoms with Gasteiger partial charge in [-0.15, -0.1) is 20.4 Å². The molecule has 0 unspecified atom stereocenters. The number of nitrogens with zero attached hydrogens (tertiary/aromatic N) is 6. The van der Waals surface area contributed by atoms with Crippen molar-refractivity contribution < 1.29 is 9.15 Å². The average molecular weight is 469 g/mol. The number of rotatable bonds is 6. The topological polar surface area (TPSA) is 82.1 Å². The fraction of sp³-hybridized carbons (Fsp3) is 0.273. The predicted octanol–water partition coefficient (Wildman–Crippen LogP) is 4.41. The van der Waals surface area contributed by atoms with Gasteiger partial charge < -0.3 is 14.1 Å². The summed E-state index contributed by atoms with van der Waals surface area (Å²) in [5.74, 6) is 2.18. The Morgan fingerprint density at radius 2 is 1.75 bits per heavy atom. The summed E-state index contributed by atoms with van der Waals surface area (Å²) in [5.41, 5.74) is 2.90. The highest BCUT2D eigenvalue weighted by Gasteiger charge is 2.23. The molecule has 32 heavy (non-hydrogen) atoms. The molecule has 8 nitrogen and oxygen atoms in total. The minimum Gasteiger partial charge on any atom is -0.420 e. The van der Waals surface area contributed by atoms with Crippen molar-refractivity contribution in [2.75, 3.05) is 31.2 Å². The molecule has 0 spiro atoms. The van der Waals surface area contributed by atoms with Crippen LogP contribution in [-0.2, 0) is 10.5 Å². The van der Waals surface area contributed by atoms with E-state index in [1.165, 1.54) is 11.8 Å². The van der Waals surface area contributed by atoms with Gasteiger partial charge in [-0.3, -0.25) is 4.57 Å². The molecule has 0 aliphatic carbocycles. The standard InChI is InChI=1S/C22H21ClN6O2S/c1-15-6-2-5-9-18(15)29-21(28-10-12-30-13-11-28)26-27-22(29)32-14-19-24-25-20(31-19)16-7-3-4-8-17(16)23/h2-9H,10-14H2,1H3. The number of para-hydroxylation sites is 1. The van der Waals surface area contributed by atoms with Gasteiger partial charge in [0, 0.05) is 13.1 Å². The summed E-state index contributed by atoms with van der Waals surface area (Å²) >= 11 is 7.76. The first-order chi connectivity index (χ1) is 15.7. The van der Waals surface area contributed by atoms with Gasteiger partial charge in [-0.05, 0) is 30.7 Å². The molecule has 0 saturated carbocycles. The number of anilines is 1. The maximum Gasteiger partial charge on any atom is 0.249 e. The van der Waals surface area contributed by atoms with Crippen LogP contribution < -0.4 is 4.90 Å². The Labute approximate surface area is 194 Å². The molecular weight excluding hydrogens is 448 g/mol. The van der Waals surface area contributed by atoms with E-state index in [1.807, 2.05) is 30.3 Å². The second-order valence-electron chi connectivity index (χ2n) is 7.27. The van der Waals surface area contributed by atoms with Crippen LogP contribution in [0.4, 0.5) is 5.95 Å². The molecule has 0 radical (unpaired) electrons. The molecule has 164 valence electrons. The Hall–Kier alpha value is -2.88. The zero-order valence-electron chi connectivity index (χ0n) is 17.4. The van der Waals surface area contributed by atoms with E-state index in [4.69, 9.17) is 20.8 Å². The van der Waals surface area contributed by atoms with E-state index < -0.39 is 0 Å². The third-order valence-corrected chi connectivity index (χ3v) is 6.41. The monoisotopic (exact) mass is 468 g/mol. The van der Waals surface area contributed by atoms with E-state index in [9.17, 15) is 0 Å². The molecule has 5 rings (SSSR count). The number of benzene rings is 2. The summed E-state index contributed by atoms with van der Waals surface area (Å²) in [7, 11) is 0. The Bertz CT molecular complexity index is 1220. The Balaban J connectivity index is 1.42. The molecule has 4 aromatic rings. The van der Waals surface area contributed by atoms with Crippen molar-refractivity contribution in [2.24, 2.45) is 0 Å². The number of hydrogen-bond donors (Lipinski definition) is 0. The lowest BCUT2D eigenvalue weighted by Gasteiger charge is -2.28. The van der Waals surface area contributed by atoms with Gasteiger partial charge in [0.15, 0.2) is 5.16 Å². The molecule has 3 heterocycles. The average Bonchev–Trinajstić information content (AvgIpc) is 3.46. The van der Waals surface area contributed by atoms with Crippen LogP contribution >= 0.6 is 23.4 Å². The lowest BCUT2D eigenvalue weighted by molar-refractivity contribution is 0.122. The Morgan fingerprint density at radius 1 is 0.969 bits per heavy atom. The van der Waals surface area contributed by atoms with Crippen molar-refractivity contribution in [3.8, 4) is 17.1 Å². The van der Waals surface area contributed by atoms with Crippen molar-refractivity contribution in [1.29, 1.82) is 0 Å². The van der Waals surface area contributed by atoms with Crippen molar-refractivity contribution in [3.05, 3.63) is 65.0 Å². The molecule has 0 N–H and O–H groups in total. The Morgan fingerprint density at radius 3 is 2.56 bits per heavy atom. The molecule has 10 heteroatoms. The molecule has 0 bridgehead atoms. The van der Waals surface area contributed by atoms with Gasteiger partial charge in [-0.25, -0.2) is 0 Å². The van der Waals surface area contributed by atoms with Gasteiger partial charge in [0.2, 0.25) is 17.7 Å². The number of aryl methyl sites for hydroxylation is 1. The zero-order chi connectivity index (χ0) is 21.9. The molecular formula is C22H21ClN6O2S. The second-order valence-corrected chi connectivity index (χ2v) is 8.62. The molecule has 0 atom stereocenters. The van der Waals surface area contributed by atoms with Gasteiger partial charge >= 0.3 is 0 Å². The summed E-state index contributed by atoms with van der Waals surface area (Å²) in [5, 5.41) is 18.7. The van der Waals surface area contributed by atoms with Gasteiger partial charge in [0.05, 0.1) is 35.2 Å². The summed E-state index contributed by atoms with van der Waals surface area (Å²) in [6.07, 6.45) is 0. The van der Waals surface area contributed by atoms with E-state index in [0.29, 0.717) is 35.8 Å². The van der Waals surface area contributed by atoms with Crippen molar-refractivity contribution in [2.45, 2.75) is 17.8 Å². The number of aromatic nitrogens is 5. The lowest BCUT2D eigenvalue weighted by atomic mass is 10.2. The van der Waals surface area contributed by atoms with Crippen molar-refractivity contribution in [3.63, 3.8) is 0 Å². The van der Waals surface area contributed by atoms with Crippen LogP contribution in [-0.4, -0.2) is 51.3 Å². The van der Waals surface area contributed by atoms with E-state index in [0.717, 1.165) is 41.0 Å². The lowest BCUT2D eigenvalue weighted by Crippen LogP contribution is -2.38. The quantitative estimate of drug-likeness (QED) is 0.385. The SMILES string of the molecule is Cc1ccccc1-n1c(SCc2nnc(-c3ccccc3Cl)o2)nnc1N1CCOCC1. The van der Waals surface area contributed by atoms with Crippen molar-refractivity contribution >= 4 is 29.3 Å². The van der Waals surface area contributed by atoms with Crippen LogP contribution in [0.1, 0.15) is 11.5 Å². The van der Waals surface area contributed by atoms with Crippen LogP contribution in [0.2, 0.25) is 5.02 Å². The van der Waals surface area contributed by atoms with Crippen LogP contribution in [0.3, 0.4) is 0 Å². The van der Waals surface area contributed by atoms with Gasteiger partial charge in [0.1, 0.15) is 0 Å². The highest BCUT2D eigenvalue weighted by atomic mass is 35.5. The number of thioether (sulfide) groups is 1. The highest BCUT2D eigenvalue weighted by Crippen LogP contribution is 2.32. The maximum atomic E-state index is 6.25. The summed E-state index contributed by atoms with van der Waals surface area (Å²) in [4.78, 5) is 2.20. The summed E-state index contributed by atoms with van der Waals surface area (Å²) in [6, 6.07) is 15.6. The van der Waals surface area contributed by atoms with Gasteiger partial charge in [0.25, 0.3) is 0 Å². The van der Waals surface area contributed by atoms with E-state index in [2.05, 4.69) is 48.9 Å². The fourth-order valence-corrected chi connectivity index (χ4v) is 4.52. The molecule has 2 aromatic carbocycles. The van der Waals surface area contributed by atoms with Crippen LogP contribution in [0.25, 0.3) is 17.1 Å². The Kier molecular flexibility index (Phi) is 6.11. The van der Waals surface area contributed by atoms with Crippen LogP contribution in [0.15, 0.2) is 58.1 Å². The third-order valence-electron chi connectivity index (χ3n) is 5.16. The van der Waals surface area contributed by atoms with E-state index in [1.54, 1.807) is 6.07 Å². The first kappa shape index (κ1) is 21.0. The zero-order valence-corrected chi connectivity index (χ0v) is 19.0. The molecule has 1 aliphatic heterocycles. The summed E-state index contributed by atoms with van der Waals surface area (Å²) in [6.45, 7) is 4.99. The minimum absolute atomic E-state index is 0.403. The number of morpholine rings is 1. The number of halogens is 1. The fourth-order valence-electron chi connectivity index (χ4n) is 3.53. The van der Waals surface area contributed by atoms with Gasteiger partial charge in [-0.2, -0.15) is 0 Å². The summed E-state index contributed by atoms with van der Waals surface area (Å²) < 4.78 is 13.5. The third kappa shape index (κ3) is 4.23. The van der Waals surface area contributed by atoms with E-state index >= 15 is 0 Å². The molecule has 2 aromatic heterocycles. The first-order valence-corrected chi connectivity index (χ1v) is 11.6. The van der Waals surface area contributed by atoms with Crippen molar-refractivity contribution in [1.82, 2.24) is 25.0 Å². The smallest absolute Gasteiger partial charge is 0.249 e. The predicted molar refractivity (Wildman–Crippen MR) is 123 cm³/mol. The maximum absolute atomic E-state index is 6.25. The first-order valence-electron chi connectivity index (χ1n) is 10.2. The number of hydrogen-bond acceptors (Lipinski definition) is 8. The molecule has 1 aliphatic rings. The largest absolute Gasteiger partial charge is 0.420 e. The normalized spacial score (nSPS) is 14.1. The number of ether oxygens (including phenoxy) is 1. The van der Waals surface area contributed by atoms with Gasteiger partial charge in [-0.1, -0.05) is 53.7 Å². The van der Waals surface area contributed by atoms with Crippen LogP contribution in [0.5, 0.6) is 0 Å². The second kappa shape index (κ2) is 9.32. The molecule has 1 saturated heterocycles. The highest BCUT2D eigenvalue weighted by molar-refractivity contribution is 7.98. The minimum atomic E-state index is 0.403. The molecule has 0 amide bonds. The van der Waals surface area contributed by atoms with E-state index in [-0.39, 0.29) is 0 Å². The van der Waals surface area contributed by atoms with Crippen LogP contribution in [0, 0.1) is 6.92 Å².